The number of aromatic nitrogens is 1. The van der Waals surface area contributed by atoms with Crippen LogP contribution in [0.2, 0.25) is 0 Å². The highest BCUT2D eigenvalue weighted by Crippen LogP contribution is 2.23. The van der Waals surface area contributed by atoms with Crippen molar-refractivity contribution in [1.82, 2.24) is 4.98 Å². The van der Waals surface area contributed by atoms with Gasteiger partial charge >= 0.3 is 5.82 Å². The molecule has 5 nitrogen and oxygen atoms in total. The van der Waals surface area contributed by atoms with E-state index in [9.17, 15) is 10.1 Å². The molecule has 0 spiro atoms. The van der Waals surface area contributed by atoms with Crippen molar-refractivity contribution < 1.29 is 4.92 Å². The summed E-state index contributed by atoms with van der Waals surface area (Å²) in [6, 6.07) is 12.5. The predicted octanol–water partition coefficient (Wildman–Crippen LogP) is 2.53. The first kappa shape index (κ1) is 10.8. The molecule has 0 fully saturated rings. The van der Waals surface area contributed by atoms with Gasteiger partial charge in [-0.25, -0.2) is 0 Å². The Morgan fingerprint density at radius 1 is 1.24 bits per heavy atom. The molecule has 5 heteroatoms. The highest BCUT2D eigenvalue weighted by atomic mass is 16.6. The fourth-order valence-electron chi connectivity index (χ4n) is 1.47. The van der Waals surface area contributed by atoms with Gasteiger partial charge in [-0.1, -0.05) is 30.3 Å². The van der Waals surface area contributed by atoms with Gasteiger partial charge in [0.25, 0.3) is 0 Å². The highest BCUT2D eigenvalue weighted by Gasteiger charge is 2.16. The second-order valence-corrected chi connectivity index (χ2v) is 3.33. The predicted molar refractivity (Wildman–Crippen MR) is 61.0 cm³/mol. The van der Waals surface area contributed by atoms with E-state index in [2.05, 4.69) is 4.98 Å². The van der Waals surface area contributed by atoms with Crippen LogP contribution in [0.25, 0.3) is 11.1 Å². The minimum absolute atomic E-state index is 0.0312. The molecule has 0 saturated carbocycles. The molecule has 0 atom stereocenters. The van der Waals surface area contributed by atoms with Crippen molar-refractivity contribution in [2.24, 2.45) is 0 Å². The summed E-state index contributed by atoms with van der Waals surface area (Å²) in [5.74, 6) is -0.410. The largest absolute Gasteiger partial charge is 0.381 e. The van der Waals surface area contributed by atoms with Gasteiger partial charge in [0.1, 0.15) is 12.3 Å². The van der Waals surface area contributed by atoms with E-state index in [1.54, 1.807) is 6.07 Å². The van der Waals surface area contributed by atoms with E-state index in [1.807, 2.05) is 30.3 Å². The first-order valence-electron chi connectivity index (χ1n) is 4.82. The smallest absolute Gasteiger partial charge is 0.358 e. The number of nitriles is 1. The van der Waals surface area contributed by atoms with Crippen molar-refractivity contribution >= 4 is 5.82 Å². The lowest BCUT2D eigenvalue weighted by molar-refractivity contribution is -0.389. The molecule has 0 N–H and O–H groups in total. The van der Waals surface area contributed by atoms with Gasteiger partial charge in [0, 0.05) is 5.56 Å². The van der Waals surface area contributed by atoms with E-state index >= 15 is 0 Å². The van der Waals surface area contributed by atoms with Gasteiger partial charge in [-0.15, -0.1) is 0 Å². The maximum absolute atomic E-state index is 10.6. The average molecular weight is 225 g/mol. The van der Waals surface area contributed by atoms with Crippen LogP contribution in [0.1, 0.15) is 5.56 Å². The molecule has 0 aliphatic heterocycles. The van der Waals surface area contributed by atoms with E-state index in [0.29, 0.717) is 5.56 Å². The number of hydrogen-bond acceptors (Lipinski definition) is 4. The number of nitrogens with zero attached hydrogens (tertiary/aromatic N) is 3. The van der Waals surface area contributed by atoms with Gasteiger partial charge in [-0.3, -0.25) is 0 Å². The zero-order valence-electron chi connectivity index (χ0n) is 8.70. The normalized spacial score (nSPS) is 9.59. The summed E-state index contributed by atoms with van der Waals surface area (Å²) in [5, 5.41) is 19.5. The Bertz CT molecular complexity index is 603. The Kier molecular flexibility index (Phi) is 2.79. The molecule has 82 valence electrons. The summed E-state index contributed by atoms with van der Waals surface area (Å²) in [4.78, 5) is 13.7. The number of nitro groups is 1. The van der Waals surface area contributed by atoms with Crippen LogP contribution in [-0.4, -0.2) is 9.91 Å². The van der Waals surface area contributed by atoms with Gasteiger partial charge in [0.15, 0.2) is 5.56 Å². The molecule has 0 saturated heterocycles. The molecular weight excluding hydrogens is 218 g/mol. The molecule has 0 amide bonds. The van der Waals surface area contributed by atoms with Gasteiger partial charge in [0.05, 0.1) is 0 Å². The van der Waals surface area contributed by atoms with Crippen molar-refractivity contribution in [2.45, 2.75) is 0 Å². The molecule has 1 aromatic carbocycles. The lowest BCUT2D eigenvalue weighted by atomic mass is 10.1. The maximum Gasteiger partial charge on any atom is 0.381 e. The number of benzene rings is 1. The van der Waals surface area contributed by atoms with E-state index < -0.39 is 10.7 Å². The Balaban J connectivity index is 2.54. The summed E-state index contributed by atoms with van der Waals surface area (Å²) >= 11 is 0. The van der Waals surface area contributed by atoms with E-state index in [-0.39, 0.29) is 5.56 Å². The molecule has 0 aliphatic rings. The first-order valence-corrected chi connectivity index (χ1v) is 4.82. The van der Waals surface area contributed by atoms with E-state index in [1.165, 1.54) is 12.3 Å². The van der Waals surface area contributed by atoms with Crippen LogP contribution in [0.4, 0.5) is 5.82 Å². The Labute approximate surface area is 97.1 Å². The van der Waals surface area contributed by atoms with Gasteiger partial charge in [-0.2, -0.15) is 5.26 Å². The summed E-state index contributed by atoms with van der Waals surface area (Å²) in [7, 11) is 0. The lowest BCUT2D eigenvalue weighted by Gasteiger charge is -2.00. The molecule has 17 heavy (non-hydrogen) atoms. The lowest BCUT2D eigenvalue weighted by Crippen LogP contribution is -1.96. The summed E-state index contributed by atoms with van der Waals surface area (Å²) in [5.41, 5.74) is 1.52. The molecule has 1 aromatic heterocycles. The Hall–Kier alpha value is -2.74. The topological polar surface area (TPSA) is 79.8 Å². The fourth-order valence-corrected chi connectivity index (χ4v) is 1.47. The summed E-state index contributed by atoms with van der Waals surface area (Å²) in [6.07, 6.45) is 1.40. The fraction of sp³-hybridized carbons (Fsp3) is 0. The van der Waals surface area contributed by atoms with Crippen LogP contribution >= 0.6 is 0 Å². The average Bonchev–Trinajstić information content (AvgIpc) is 2.39. The van der Waals surface area contributed by atoms with Crippen LogP contribution in [0.3, 0.4) is 0 Å². The molecule has 1 heterocycles. The van der Waals surface area contributed by atoms with E-state index in [4.69, 9.17) is 5.26 Å². The number of pyridine rings is 1. The van der Waals surface area contributed by atoms with E-state index in [0.717, 1.165) is 5.56 Å². The second kappa shape index (κ2) is 4.41. The minimum atomic E-state index is -0.659. The highest BCUT2D eigenvalue weighted by molar-refractivity contribution is 5.65. The zero-order chi connectivity index (χ0) is 12.3. The standard InChI is InChI=1S/C12H7N3O2/c13-7-10-6-11(8-14-12(10)15(16)17)9-4-2-1-3-5-9/h1-6,8H. The summed E-state index contributed by atoms with van der Waals surface area (Å²) in [6.45, 7) is 0. The van der Waals surface area contributed by atoms with Gasteiger partial charge in [-0.05, 0) is 21.5 Å². The van der Waals surface area contributed by atoms with Gasteiger partial charge in [0.2, 0.25) is 0 Å². The van der Waals surface area contributed by atoms with Crippen molar-refractivity contribution in [3.8, 4) is 17.2 Å². The SMILES string of the molecule is N#Cc1cc(-c2ccccc2)cnc1[N+](=O)[O-]. The Morgan fingerprint density at radius 3 is 2.53 bits per heavy atom. The van der Waals surface area contributed by atoms with Crippen LogP contribution in [-0.2, 0) is 0 Å². The van der Waals surface area contributed by atoms with Crippen molar-refractivity contribution in [2.75, 3.05) is 0 Å². The molecule has 0 aliphatic carbocycles. The second-order valence-electron chi connectivity index (χ2n) is 3.33. The number of rotatable bonds is 2. The van der Waals surface area contributed by atoms with Crippen LogP contribution in [0.15, 0.2) is 42.6 Å². The molecule has 0 bridgehead atoms. The molecule has 0 radical (unpaired) electrons. The Morgan fingerprint density at radius 2 is 1.94 bits per heavy atom. The summed E-state index contributed by atoms with van der Waals surface area (Å²) < 4.78 is 0. The van der Waals surface area contributed by atoms with Crippen molar-refractivity contribution in [1.29, 1.82) is 5.26 Å². The molecular formula is C12H7N3O2. The first-order chi connectivity index (χ1) is 8.22. The third-order valence-electron chi connectivity index (χ3n) is 2.27. The van der Waals surface area contributed by atoms with Crippen LogP contribution < -0.4 is 0 Å². The molecule has 2 rings (SSSR count). The third kappa shape index (κ3) is 2.11. The van der Waals surface area contributed by atoms with Crippen LogP contribution in [0, 0.1) is 21.4 Å². The van der Waals surface area contributed by atoms with Crippen molar-refractivity contribution in [3.63, 3.8) is 0 Å². The zero-order valence-corrected chi connectivity index (χ0v) is 8.70. The molecule has 0 unspecified atom stereocenters. The number of hydrogen-bond donors (Lipinski definition) is 0. The quantitative estimate of drug-likeness (QED) is 0.581. The third-order valence-corrected chi connectivity index (χ3v) is 2.27. The molecule has 2 aromatic rings. The maximum atomic E-state index is 10.6. The monoisotopic (exact) mass is 225 g/mol. The van der Waals surface area contributed by atoms with Crippen molar-refractivity contribution in [3.05, 3.63) is 58.3 Å². The minimum Gasteiger partial charge on any atom is -0.358 e. The van der Waals surface area contributed by atoms with Gasteiger partial charge < -0.3 is 10.1 Å². The van der Waals surface area contributed by atoms with Crippen LogP contribution in [0.5, 0.6) is 0 Å².